The quantitative estimate of drug-likeness (QED) is 0.828. The highest BCUT2D eigenvalue weighted by atomic mass is 79.9. The summed E-state index contributed by atoms with van der Waals surface area (Å²) in [6.07, 6.45) is 0. The SMILES string of the molecule is CCNCc1ccc(CN(C)Cc2cc(Br)cs2)o1. The lowest BCUT2D eigenvalue weighted by atomic mass is 10.3. The number of thiophene rings is 1. The Kier molecular flexibility index (Phi) is 5.63. The van der Waals surface area contributed by atoms with E-state index in [0.717, 1.165) is 42.2 Å². The van der Waals surface area contributed by atoms with Crippen LogP contribution in [0.25, 0.3) is 0 Å². The highest BCUT2D eigenvalue weighted by molar-refractivity contribution is 9.10. The van der Waals surface area contributed by atoms with Crippen LogP contribution >= 0.6 is 27.3 Å². The fourth-order valence-electron chi connectivity index (χ4n) is 1.88. The summed E-state index contributed by atoms with van der Waals surface area (Å²) < 4.78 is 6.95. The van der Waals surface area contributed by atoms with Gasteiger partial charge in [-0.15, -0.1) is 11.3 Å². The standard InChI is InChI=1S/C14H19BrN2OS/c1-3-16-7-12-4-5-13(18-12)8-17(2)9-14-6-11(15)10-19-14/h4-6,10,16H,3,7-9H2,1-2H3. The molecule has 2 rings (SSSR count). The summed E-state index contributed by atoms with van der Waals surface area (Å²) in [6.45, 7) is 5.64. The van der Waals surface area contributed by atoms with Crippen LogP contribution in [0.5, 0.6) is 0 Å². The van der Waals surface area contributed by atoms with Crippen molar-refractivity contribution in [2.45, 2.75) is 26.6 Å². The molecule has 5 heteroatoms. The third-order valence-corrected chi connectivity index (χ3v) is 4.42. The molecule has 19 heavy (non-hydrogen) atoms. The summed E-state index contributed by atoms with van der Waals surface area (Å²) in [5, 5.41) is 5.38. The second-order valence-electron chi connectivity index (χ2n) is 4.55. The maximum atomic E-state index is 5.79. The van der Waals surface area contributed by atoms with Gasteiger partial charge in [-0.2, -0.15) is 0 Å². The normalized spacial score (nSPS) is 11.4. The summed E-state index contributed by atoms with van der Waals surface area (Å²) in [6, 6.07) is 6.28. The van der Waals surface area contributed by atoms with Crippen molar-refractivity contribution in [1.29, 1.82) is 0 Å². The van der Waals surface area contributed by atoms with E-state index >= 15 is 0 Å². The minimum absolute atomic E-state index is 0.804. The Morgan fingerprint density at radius 1 is 1.32 bits per heavy atom. The second-order valence-corrected chi connectivity index (χ2v) is 6.46. The third-order valence-electron chi connectivity index (χ3n) is 2.74. The highest BCUT2D eigenvalue weighted by Crippen LogP contribution is 2.21. The molecule has 0 spiro atoms. The molecule has 0 fully saturated rings. The summed E-state index contributed by atoms with van der Waals surface area (Å²) in [5.74, 6) is 2.02. The molecular formula is C14H19BrN2OS. The number of furan rings is 1. The largest absolute Gasteiger partial charge is 0.463 e. The lowest BCUT2D eigenvalue weighted by Gasteiger charge is -2.13. The maximum absolute atomic E-state index is 5.79. The molecule has 0 bridgehead atoms. The fourth-order valence-corrected chi connectivity index (χ4v) is 3.41. The molecule has 2 aromatic rings. The van der Waals surface area contributed by atoms with E-state index in [1.165, 1.54) is 4.88 Å². The van der Waals surface area contributed by atoms with Crippen molar-refractivity contribution in [1.82, 2.24) is 10.2 Å². The van der Waals surface area contributed by atoms with Crippen molar-refractivity contribution in [2.24, 2.45) is 0 Å². The molecule has 0 saturated heterocycles. The minimum Gasteiger partial charge on any atom is -0.463 e. The van der Waals surface area contributed by atoms with E-state index in [4.69, 9.17) is 4.42 Å². The molecule has 0 atom stereocenters. The molecular weight excluding hydrogens is 324 g/mol. The molecule has 0 aliphatic carbocycles. The average Bonchev–Trinajstić information content (AvgIpc) is 2.96. The van der Waals surface area contributed by atoms with Gasteiger partial charge >= 0.3 is 0 Å². The Bertz CT molecular complexity index is 509. The van der Waals surface area contributed by atoms with Gasteiger partial charge in [-0.25, -0.2) is 0 Å². The zero-order chi connectivity index (χ0) is 13.7. The van der Waals surface area contributed by atoms with Crippen molar-refractivity contribution in [3.63, 3.8) is 0 Å². The van der Waals surface area contributed by atoms with Crippen LogP contribution in [0, 0.1) is 0 Å². The van der Waals surface area contributed by atoms with E-state index in [1.807, 2.05) is 6.07 Å². The van der Waals surface area contributed by atoms with Crippen LogP contribution in [-0.2, 0) is 19.6 Å². The van der Waals surface area contributed by atoms with Crippen LogP contribution in [0.3, 0.4) is 0 Å². The number of hydrogen-bond donors (Lipinski definition) is 1. The molecule has 0 aliphatic heterocycles. The van der Waals surface area contributed by atoms with E-state index in [2.05, 4.69) is 57.6 Å². The summed E-state index contributed by atoms with van der Waals surface area (Å²) in [4.78, 5) is 3.61. The lowest BCUT2D eigenvalue weighted by Crippen LogP contribution is -2.16. The zero-order valence-corrected chi connectivity index (χ0v) is 13.7. The molecule has 1 N–H and O–H groups in total. The Labute approximate surface area is 126 Å². The number of nitrogens with zero attached hydrogens (tertiary/aromatic N) is 1. The van der Waals surface area contributed by atoms with Crippen LogP contribution in [0.4, 0.5) is 0 Å². The van der Waals surface area contributed by atoms with Gasteiger partial charge in [0.05, 0.1) is 13.1 Å². The molecule has 2 heterocycles. The first kappa shape index (κ1) is 14.8. The molecule has 104 valence electrons. The molecule has 0 amide bonds. The van der Waals surface area contributed by atoms with Gasteiger partial charge in [0.15, 0.2) is 0 Å². The van der Waals surface area contributed by atoms with E-state index < -0.39 is 0 Å². The van der Waals surface area contributed by atoms with Crippen LogP contribution in [0.1, 0.15) is 23.3 Å². The number of halogens is 1. The van der Waals surface area contributed by atoms with Gasteiger partial charge in [-0.3, -0.25) is 4.90 Å². The number of rotatable bonds is 7. The van der Waals surface area contributed by atoms with E-state index in [0.29, 0.717) is 0 Å². The lowest BCUT2D eigenvalue weighted by molar-refractivity contribution is 0.285. The average molecular weight is 343 g/mol. The van der Waals surface area contributed by atoms with Gasteiger partial charge in [-0.1, -0.05) is 6.92 Å². The van der Waals surface area contributed by atoms with Crippen molar-refractivity contribution in [3.05, 3.63) is 44.4 Å². The smallest absolute Gasteiger partial charge is 0.118 e. The van der Waals surface area contributed by atoms with Gasteiger partial charge in [-0.05, 0) is 47.7 Å². The van der Waals surface area contributed by atoms with E-state index in [1.54, 1.807) is 11.3 Å². The summed E-state index contributed by atoms with van der Waals surface area (Å²) in [5.41, 5.74) is 0. The van der Waals surface area contributed by atoms with E-state index in [-0.39, 0.29) is 0 Å². The van der Waals surface area contributed by atoms with E-state index in [9.17, 15) is 0 Å². The van der Waals surface area contributed by atoms with Gasteiger partial charge in [0.2, 0.25) is 0 Å². The third kappa shape index (κ3) is 4.76. The van der Waals surface area contributed by atoms with Gasteiger partial charge < -0.3 is 9.73 Å². The predicted octanol–water partition coefficient (Wildman–Crippen LogP) is 3.85. The molecule has 2 aromatic heterocycles. The topological polar surface area (TPSA) is 28.4 Å². The van der Waals surface area contributed by atoms with Gasteiger partial charge in [0.25, 0.3) is 0 Å². The van der Waals surface area contributed by atoms with Crippen molar-refractivity contribution in [3.8, 4) is 0 Å². The van der Waals surface area contributed by atoms with Gasteiger partial charge in [0, 0.05) is 21.3 Å². The zero-order valence-electron chi connectivity index (χ0n) is 11.3. The molecule has 0 saturated carbocycles. The molecule has 0 radical (unpaired) electrons. The molecule has 0 aliphatic rings. The minimum atomic E-state index is 0.804. The Morgan fingerprint density at radius 2 is 2.11 bits per heavy atom. The van der Waals surface area contributed by atoms with Crippen molar-refractivity contribution < 1.29 is 4.42 Å². The predicted molar refractivity (Wildman–Crippen MR) is 83.3 cm³/mol. The van der Waals surface area contributed by atoms with Crippen molar-refractivity contribution >= 4 is 27.3 Å². The monoisotopic (exact) mass is 342 g/mol. The van der Waals surface area contributed by atoms with Crippen LogP contribution in [0.2, 0.25) is 0 Å². The Hall–Kier alpha value is -0.620. The van der Waals surface area contributed by atoms with Crippen LogP contribution in [-0.4, -0.2) is 18.5 Å². The Balaban J connectivity index is 1.84. The first-order valence-electron chi connectivity index (χ1n) is 6.37. The fraction of sp³-hybridized carbons (Fsp3) is 0.429. The second kappa shape index (κ2) is 7.24. The van der Waals surface area contributed by atoms with Crippen molar-refractivity contribution in [2.75, 3.05) is 13.6 Å². The molecule has 0 aromatic carbocycles. The van der Waals surface area contributed by atoms with Crippen LogP contribution in [0.15, 0.2) is 32.5 Å². The van der Waals surface area contributed by atoms with Crippen LogP contribution < -0.4 is 5.32 Å². The number of hydrogen-bond acceptors (Lipinski definition) is 4. The maximum Gasteiger partial charge on any atom is 0.118 e. The summed E-state index contributed by atoms with van der Waals surface area (Å²) >= 11 is 5.26. The molecule has 0 unspecified atom stereocenters. The first-order valence-corrected chi connectivity index (χ1v) is 8.04. The summed E-state index contributed by atoms with van der Waals surface area (Å²) in [7, 11) is 2.11. The molecule has 3 nitrogen and oxygen atoms in total. The first-order chi connectivity index (χ1) is 9.17. The highest BCUT2D eigenvalue weighted by Gasteiger charge is 2.07. The number of nitrogens with one attached hydrogen (secondary N) is 1. The van der Waals surface area contributed by atoms with Gasteiger partial charge in [0.1, 0.15) is 11.5 Å². The Morgan fingerprint density at radius 3 is 2.79 bits per heavy atom.